The van der Waals surface area contributed by atoms with Crippen LogP contribution in [0.4, 0.5) is 0 Å². The van der Waals surface area contributed by atoms with Crippen LogP contribution in [0.5, 0.6) is 0 Å². The third-order valence-corrected chi connectivity index (χ3v) is 6.70. The van der Waals surface area contributed by atoms with Crippen molar-refractivity contribution in [3.63, 3.8) is 0 Å². The number of rotatable bonds is 9. The van der Waals surface area contributed by atoms with Gasteiger partial charge < -0.3 is 4.74 Å². The van der Waals surface area contributed by atoms with E-state index in [4.69, 9.17) is 4.74 Å². The average Bonchev–Trinajstić information content (AvgIpc) is 2.90. The predicted octanol–water partition coefficient (Wildman–Crippen LogP) is 4.44. The molecule has 0 spiro atoms. The second kappa shape index (κ2) is 10.9. The summed E-state index contributed by atoms with van der Waals surface area (Å²) in [5.41, 5.74) is 1.58. The first-order chi connectivity index (χ1) is 16.5. The number of benzene rings is 3. The molecule has 1 atom stereocenters. The van der Waals surface area contributed by atoms with Crippen molar-refractivity contribution in [1.29, 1.82) is 0 Å². The first-order valence-corrected chi connectivity index (χ1v) is 11.8. The molecule has 3 aromatic carbocycles. The molecule has 4 rings (SSSR count). The van der Waals surface area contributed by atoms with Gasteiger partial charge in [-0.1, -0.05) is 84.9 Å². The summed E-state index contributed by atoms with van der Waals surface area (Å²) in [5.74, 6) is -0.335. The molecule has 1 fully saturated rings. The Hall–Kier alpha value is -3.12. The molecule has 0 aliphatic carbocycles. The third kappa shape index (κ3) is 4.87. The summed E-state index contributed by atoms with van der Waals surface area (Å²) < 4.78 is 5.49. The SMILES string of the molecule is CN(C)C(CCN1CCOCC1)(C(=O)c1ccccc1)C(=O)c1ccccc1-c1ccccc1. The van der Waals surface area contributed by atoms with Crippen molar-refractivity contribution in [2.24, 2.45) is 0 Å². The van der Waals surface area contributed by atoms with Crippen LogP contribution in [0.15, 0.2) is 84.9 Å². The van der Waals surface area contributed by atoms with Gasteiger partial charge in [-0.05, 0) is 31.6 Å². The summed E-state index contributed by atoms with van der Waals surface area (Å²) in [6, 6.07) is 26.6. The van der Waals surface area contributed by atoms with E-state index >= 15 is 0 Å². The highest BCUT2D eigenvalue weighted by Crippen LogP contribution is 2.33. The van der Waals surface area contributed by atoms with Gasteiger partial charge in [0.05, 0.1) is 13.2 Å². The topological polar surface area (TPSA) is 49.9 Å². The zero-order valence-electron chi connectivity index (χ0n) is 19.9. The fourth-order valence-electron chi connectivity index (χ4n) is 4.71. The number of carbonyl (C=O) groups is 2. The van der Waals surface area contributed by atoms with E-state index in [1.807, 2.05) is 91.8 Å². The van der Waals surface area contributed by atoms with Crippen LogP contribution >= 0.6 is 0 Å². The van der Waals surface area contributed by atoms with Crippen molar-refractivity contribution in [3.8, 4) is 11.1 Å². The summed E-state index contributed by atoms with van der Waals surface area (Å²) in [6.45, 7) is 3.59. The highest BCUT2D eigenvalue weighted by atomic mass is 16.5. The molecule has 0 radical (unpaired) electrons. The molecular formula is C29H32N2O3. The van der Waals surface area contributed by atoms with Crippen LogP contribution in [0.25, 0.3) is 11.1 Å². The Morgan fingerprint density at radius 1 is 0.824 bits per heavy atom. The maximum atomic E-state index is 14.5. The monoisotopic (exact) mass is 456 g/mol. The van der Waals surface area contributed by atoms with E-state index in [0.29, 0.717) is 37.3 Å². The van der Waals surface area contributed by atoms with Crippen molar-refractivity contribution in [1.82, 2.24) is 9.80 Å². The normalized spacial score (nSPS) is 16.2. The van der Waals surface area contributed by atoms with Crippen LogP contribution in [-0.4, -0.2) is 73.8 Å². The molecule has 1 heterocycles. The molecule has 1 saturated heterocycles. The molecular weight excluding hydrogens is 424 g/mol. The van der Waals surface area contributed by atoms with Crippen LogP contribution in [0.3, 0.4) is 0 Å². The van der Waals surface area contributed by atoms with E-state index in [2.05, 4.69) is 4.90 Å². The van der Waals surface area contributed by atoms with E-state index in [-0.39, 0.29) is 11.6 Å². The molecule has 1 aliphatic rings. The lowest BCUT2D eigenvalue weighted by Crippen LogP contribution is -2.59. The smallest absolute Gasteiger partial charge is 0.191 e. The number of ketones is 2. The summed E-state index contributed by atoms with van der Waals surface area (Å²) in [6.07, 6.45) is 0.398. The molecule has 0 saturated carbocycles. The Balaban J connectivity index is 1.80. The average molecular weight is 457 g/mol. The second-order valence-electron chi connectivity index (χ2n) is 8.89. The number of Topliss-reactive ketones (excluding diaryl/α,β-unsaturated/α-hetero) is 2. The minimum atomic E-state index is -1.33. The van der Waals surface area contributed by atoms with Gasteiger partial charge in [0.2, 0.25) is 0 Å². The van der Waals surface area contributed by atoms with Crippen LogP contribution in [-0.2, 0) is 4.74 Å². The summed E-state index contributed by atoms with van der Waals surface area (Å²) in [7, 11) is 3.67. The summed E-state index contributed by atoms with van der Waals surface area (Å²) >= 11 is 0. The highest BCUT2D eigenvalue weighted by molar-refractivity contribution is 6.25. The summed E-state index contributed by atoms with van der Waals surface area (Å²) in [5, 5.41) is 0. The third-order valence-electron chi connectivity index (χ3n) is 6.70. The van der Waals surface area contributed by atoms with Gasteiger partial charge in [-0.25, -0.2) is 0 Å². The standard InChI is InChI=1S/C29H32N2O3/c1-30(2)29(17-18-31-19-21-34-22-20-31,27(32)24-13-7-4-8-14-24)28(33)26-16-10-9-15-25(26)23-11-5-3-6-12-23/h3-16H,17-22H2,1-2H3. The first kappa shape index (κ1) is 24.0. The lowest BCUT2D eigenvalue weighted by Gasteiger charge is -2.39. The predicted molar refractivity (Wildman–Crippen MR) is 135 cm³/mol. The zero-order chi connectivity index (χ0) is 24.0. The maximum Gasteiger partial charge on any atom is 0.191 e. The maximum absolute atomic E-state index is 14.5. The molecule has 1 aliphatic heterocycles. The van der Waals surface area contributed by atoms with Gasteiger partial charge >= 0.3 is 0 Å². The van der Waals surface area contributed by atoms with Crippen molar-refractivity contribution in [3.05, 3.63) is 96.1 Å². The molecule has 0 amide bonds. The number of morpholine rings is 1. The number of likely N-dealkylation sites (N-methyl/N-ethyl adjacent to an activating group) is 1. The van der Waals surface area contributed by atoms with E-state index in [0.717, 1.165) is 24.2 Å². The molecule has 176 valence electrons. The van der Waals surface area contributed by atoms with Crippen LogP contribution in [0.1, 0.15) is 27.1 Å². The Bertz CT molecular complexity index is 1110. The van der Waals surface area contributed by atoms with Crippen molar-refractivity contribution in [2.45, 2.75) is 12.0 Å². The number of carbonyl (C=O) groups excluding carboxylic acids is 2. The molecule has 34 heavy (non-hydrogen) atoms. The number of ether oxygens (including phenoxy) is 1. The van der Waals surface area contributed by atoms with Gasteiger partial charge in [-0.2, -0.15) is 0 Å². The minimum absolute atomic E-state index is 0.167. The van der Waals surface area contributed by atoms with E-state index < -0.39 is 5.54 Å². The molecule has 5 nitrogen and oxygen atoms in total. The zero-order valence-corrected chi connectivity index (χ0v) is 19.9. The molecule has 3 aromatic rings. The van der Waals surface area contributed by atoms with Crippen LogP contribution < -0.4 is 0 Å². The Morgan fingerprint density at radius 2 is 1.41 bits per heavy atom. The van der Waals surface area contributed by atoms with Crippen molar-refractivity contribution >= 4 is 11.6 Å². The van der Waals surface area contributed by atoms with Crippen LogP contribution in [0, 0.1) is 0 Å². The van der Waals surface area contributed by atoms with Gasteiger partial charge in [0.1, 0.15) is 5.54 Å². The number of nitrogens with zero attached hydrogens (tertiary/aromatic N) is 2. The lowest BCUT2D eigenvalue weighted by molar-refractivity contribution is 0.0263. The van der Waals surface area contributed by atoms with Gasteiger partial charge in [-0.15, -0.1) is 0 Å². The largest absolute Gasteiger partial charge is 0.379 e. The molecule has 0 N–H and O–H groups in total. The molecule has 0 aromatic heterocycles. The van der Waals surface area contributed by atoms with E-state index in [1.54, 1.807) is 12.1 Å². The van der Waals surface area contributed by atoms with Gasteiger partial charge in [0.25, 0.3) is 0 Å². The Kier molecular flexibility index (Phi) is 7.68. The van der Waals surface area contributed by atoms with Crippen LogP contribution in [0.2, 0.25) is 0 Å². The van der Waals surface area contributed by atoms with E-state index in [1.165, 1.54) is 0 Å². The van der Waals surface area contributed by atoms with Gasteiger partial charge in [0.15, 0.2) is 11.6 Å². The quantitative estimate of drug-likeness (QED) is 0.352. The Morgan fingerprint density at radius 3 is 2.06 bits per heavy atom. The minimum Gasteiger partial charge on any atom is -0.379 e. The molecule has 0 bridgehead atoms. The fraction of sp³-hybridized carbons (Fsp3) is 0.310. The first-order valence-electron chi connectivity index (χ1n) is 11.8. The molecule has 1 unspecified atom stereocenters. The van der Waals surface area contributed by atoms with Crippen molar-refractivity contribution in [2.75, 3.05) is 46.9 Å². The molecule has 5 heteroatoms. The number of hydrogen-bond donors (Lipinski definition) is 0. The summed E-state index contributed by atoms with van der Waals surface area (Å²) in [4.78, 5) is 32.7. The highest BCUT2D eigenvalue weighted by Gasteiger charge is 2.48. The lowest BCUT2D eigenvalue weighted by atomic mass is 9.77. The van der Waals surface area contributed by atoms with Gasteiger partial charge in [0, 0.05) is 30.8 Å². The Labute approximate surface area is 202 Å². The fourth-order valence-corrected chi connectivity index (χ4v) is 4.71. The van der Waals surface area contributed by atoms with Gasteiger partial charge in [-0.3, -0.25) is 19.4 Å². The van der Waals surface area contributed by atoms with Crippen molar-refractivity contribution < 1.29 is 14.3 Å². The van der Waals surface area contributed by atoms with E-state index in [9.17, 15) is 9.59 Å². The number of hydrogen-bond acceptors (Lipinski definition) is 5. The second-order valence-corrected chi connectivity index (χ2v) is 8.89.